The number of fused-ring (bicyclic) bond motifs is 2. The number of carbonyl (C=O) groups excluding carboxylic acids is 8. The third-order valence-electron chi connectivity index (χ3n) is 19.8. The molecule has 5 fully saturated rings. The zero-order valence-electron chi connectivity index (χ0n) is 66.0. The number of likely N-dealkylation sites (N-methyl/N-ethyl adjacent to an activating group) is 1. The van der Waals surface area contributed by atoms with Gasteiger partial charge in [-0.25, -0.2) is 15.0 Å². The van der Waals surface area contributed by atoms with E-state index in [1.807, 2.05) is 43.4 Å². The van der Waals surface area contributed by atoms with Gasteiger partial charge in [-0.2, -0.15) is 10.6 Å². The zero-order chi connectivity index (χ0) is 83.9. The predicted molar refractivity (Wildman–Crippen MR) is 423 cm³/mol. The Kier molecular flexibility index (Phi) is 33.2. The molecule has 115 heavy (non-hydrogen) atoms. The molecule has 7 aliphatic rings. The SMILES string of the molecule is CCN(C(C)=O)[C@H]1CO[C@H](O[C@@H]2[C@@H](O)[C@H](O[C@H]3C#C/C=C\C#C[C@]4(O)CC(=O)C(NC(=O)OC)=C3/C4=C/CSSC(C)(C)CC(=O)N/N=C(\C)c3ccc(OCCCC(=O)ON4C(=O)CCC4=O)cc3)O[C@H](C)[C@H]2NO[C@H]2C[C@H](O)[C@H](SC(=O)c3c(C)c(I)c(O[C@@H]4O[C@@H](C)[C@H](O)[C@@H](OC)[C@H]4O)c(OC)c3OC)[C@@H](C)O2)C[C@@H]1OC. The van der Waals surface area contributed by atoms with Gasteiger partial charge < -0.3 is 96.8 Å². The van der Waals surface area contributed by atoms with E-state index in [4.69, 9.17) is 71.3 Å². The van der Waals surface area contributed by atoms with Crippen molar-refractivity contribution in [3.05, 3.63) is 79.6 Å². The number of halogens is 1. The van der Waals surface area contributed by atoms with Crippen molar-refractivity contribution >= 4 is 108 Å². The largest absolute Gasteiger partial charge is 0.494 e. The lowest BCUT2D eigenvalue weighted by molar-refractivity contribution is -0.329. The van der Waals surface area contributed by atoms with Gasteiger partial charge in [0, 0.05) is 81.4 Å². The van der Waals surface area contributed by atoms with Crippen LogP contribution in [0.5, 0.6) is 23.0 Å². The van der Waals surface area contributed by atoms with Crippen LogP contribution in [0.3, 0.4) is 0 Å². The number of Topliss-reactive ketones (excluding diaryl/α,β-unsaturated/α-hetero) is 1. The molecule has 5 amide bonds. The highest BCUT2D eigenvalue weighted by atomic mass is 127. The van der Waals surface area contributed by atoms with Gasteiger partial charge in [0.25, 0.3) is 11.8 Å². The number of allylic oxidation sites excluding steroid dienone is 3. The number of thioether (sulfide) groups is 1. The second kappa shape index (κ2) is 41.6. The Balaban J connectivity index is 0.898. The Labute approximate surface area is 691 Å². The summed E-state index contributed by atoms with van der Waals surface area (Å²) in [6.45, 7) is 15.6. The van der Waals surface area contributed by atoms with E-state index in [-0.39, 0.29) is 109 Å². The predicted octanol–water partition coefficient (Wildman–Crippen LogP) is 4.65. The summed E-state index contributed by atoms with van der Waals surface area (Å²) in [6.07, 6.45) is -16.0. The Morgan fingerprint density at radius 3 is 2.18 bits per heavy atom. The quantitative estimate of drug-likeness (QED) is 0.00939. The molecule has 2 aromatic carbocycles. The Morgan fingerprint density at radius 1 is 0.843 bits per heavy atom. The maximum Gasteiger partial charge on any atom is 0.411 e. The molecule has 38 heteroatoms. The molecular formula is C77H99IN6O28S3. The van der Waals surface area contributed by atoms with E-state index >= 15 is 0 Å². The topological polar surface area (TPSA) is 431 Å². The number of hydroxylamine groups is 3. The molecule has 2 bridgehead atoms. The smallest absolute Gasteiger partial charge is 0.411 e. The van der Waals surface area contributed by atoms with Crippen LogP contribution in [-0.4, -0.2) is 269 Å². The maximum absolute atomic E-state index is 14.6. The van der Waals surface area contributed by atoms with E-state index in [1.165, 1.54) is 69.1 Å². The summed E-state index contributed by atoms with van der Waals surface area (Å²) < 4.78 is 78.1. The molecule has 8 N–H and O–H groups in total. The number of aliphatic hydroxyl groups is 5. The van der Waals surface area contributed by atoms with Crippen molar-refractivity contribution in [3.63, 3.8) is 0 Å². The fraction of sp³-hybridized carbons (Fsp3) is 0.597. The van der Waals surface area contributed by atoms with Crippen molar-refractivity contribution in [1.29, 1.82) is 0 Å². The lowest BCUT2D eigenvalue weighted by Crippen LogP contribution is -2.65. The summed E-state index contributed by atoms with van der Waals surface area (Å²) in [4.78, 5) is 117. The van der Waals surface area contributed by atoms with Crippen molar-refractivity contribution < 1.29 is 135 Å². The van der Waals surface area contributed by atoms with Crippen LogP contribution in [-0.2, 0) is 81.1 Å². The summed E-state index contributed by atoms with van der Waals surface area (Å²) in [5, 5.41) is 65.1. The highest BCUT2D eigenvalue weighted by molar-refractivity contribution is 14.1. The molecule has 5 saturated heterocycles. The fourth-order valence-corrected chi connectivity index (χ4v) is 17.9. The molecule has 5 aliphatic heterocycles. The van der Waals surface area contributed by atoms with Gasteiger partial charge in [-0.3, -0.25) is 38.9 Å². The Morgan fingerprint density at radius 2 is 1.53 bits per heavy atom. The molecule has 2 aromatic rings. The summed E-state index contributed by atoms with van der Waals surface area (Å²) >= 11 is 2.77. The van der Waals surface area contributed by atoms with Gasteiger partial charge in [0.2, 0.25) is 29.0 Å². The van der Waals surface area contributed by atoms with Gasteiger partial charge in [-0.05, 0) is 132 Å². The first-order valence-electron chi connectivity index (χ1n) is 37.1. The van der Waals surface area contributed by atoms with Crippen LogP contribution in [0, 0.1) is 34.2 Å². The third kappa shape index (κ3) is 22.7. The fourth-order valence-electron chi connectivity index (χ4n) is 13.8. The number of nitrogens with one attached hydrogen (secondary N) is 3. The lowest BCUT2D eigenvalue weighted by atomic mass is 9.75. The summed E-state index contributed by atoms with van der Waals surface area (Å²) in [5.41, 5.74) is 4.45. The van der Waals surface area contributed by atoms with Crippen LogP contribution in [0.4, 0.5) is 4.79 Å². The van der Waals surface area contributed by atoms with Crippen molar-refractivity contribution in [3.8, 4) is 46.7 Å². The van der Waals surface area contributed by atoms with Crippen molar-refractivity contribution in [2.75, 3.05) is 61.1 Å². The Bertz CT molecular complexity index is 4120. The van der Waals surface area contributed by atoms with E-state index in [9.17, 15) is 63.9 Å². The number of hydrazone groups is 1. The third-order valence-corrected chi connectivity index (χ3v) is 25.6. The molecule has 0 unspecified atom stereocenters. The highest BCUT2D eigenvalue weighted by Gasteiger charge is 2.53. The lowest BCUT2D eigenvalue weighted by Gasteiger charge is -2.47. The van der Waals surface area contributed by atoms with E-state index in [0.29, 0.717) is 37.8 Å². The number of amides is 5. The van der Waals surface area contributed by atoms with E-state index < -0.39 is 167 Å². The summed E-state index contributed by atoms with van der Waals surface area (Å²) in [5.74, 6) is 8.77. The van der Waals surface area contributed by atoms with E-state index in [0.717, 1.165) is 18.9 Å². The highest BCUT2D eigenvalue weighted by Crippen LogP contribution is 2.50. The first-order valence-corrected chi connectivity index (χ1v) is 41.3. The second-order valence-electron chi connectivity index (χ2n) is 28.3. The van der Waals surface area contributed by atoms with E-state index in [1.54, 1.807) is 69.9 Å². The molecule has 0 saturated carbocycles. The van der Waals surface area contributed by atoms with Crippen LogP contribution in [0.15, 0.2) is 64.4 Å². The normalized spacial score (nSPS) is 30.3. The number of benzene rings is 2. The van der Waals surface area contributed by atoms with Gasteiger partial charge in [0.05, 0.1) is 116 Å². The van der Waals surface area contributed by atoms with Crippen LogP contribution in [0.1, 0.15) is 128 Å². The molecule has 630 valence electrons. The van der Waals surface area contributed by atoms with Crippen LogP contribution >= 0.6 is 55.9 Å². The number of carbonyl (C=O) groups is 8. The minimum Gasteiger partial charge on any atom is -0.494 e. The van der Waals surface area contributed by atoms with Gasteiger partial charge in [-0.1, -0.05) is 63.1 Å². The van der Waals surface area contributed by atoms with Crippen molar-refractivity contribution in [2.45, 2.75) is 234 Å². The number of ether oxygens (including phenoxy) is 13. The molecule has 34 nitrogen and oxygen atoms in total. The van der Waals surface area contributed by atoms with Crippen LogP contribution in [0.25, 0.3) is 0 Å². The van der Waals surface area contributed by atoms with Gasteiger partial charge in [0.15, 0.2) is 41.8 Å². The standard InChI is InChI=1S/C77H99IN6O28S3/c1-15-83(43(7)85)47-37-104-56(34-51(47)98-10)109-68-61(82-111-57-33-48(86)71(42(6)105-57)114-72(95)58-38(2)60(78)67(70(101-13)66(58)99-11)110-74-65(94)69(100-12)63(92)41(5)107-74)40(4)106-73(64(68)93)108-50-21-18-16-17-19-30-77(97)35-49(87)62(79-75(96)102-14)59(50)46(77)29-32-113-115-76(8,9)36-52(88)81-80-39(3)44-23-25-45(26-24-44)103-31-20-22-55(91)112-84-53(89)27-28-54(84)90/h16-17,23-26,29,40-42,47-48,50-51,56-57,61,63-65,68-69,71,73-74,82,86,92-94,97H,15,20,22,27-28,31-37H2,1-14H3,(H,79,96)(H,81,88)/b17-16-,46-29-,80-39+/t40-,41+,42-,47+,48+,50+,51+,56-,57+,61-,63+,64-,65-,68+,69-,71-,73+,74+,77+/m1/s1. The first kappa shape index (κ1) is 91.9. The average molecular weight is 1780 g/mol. The molecule has 0 radical (unpaired) electrons. The number of ketones is 1. The first-order chi connectivity index (χ1) is 54.7. The molecule has 2 aliphatic carbocycles. The average Bonchev–Trinajstić information content (AvgIpc) is 0.966. The van der Waals surface area contributed by atoms with Gasteiger partial charge in [-0.15, -0.1) is 5.06 Å². The molecule has 5 heterocycles. The molecule has 9 rings (SSSR count). The van der Waals surface area contributed by atoms with Crippen molar-refractivity contribution in [2.24, 2.45) is 5.10 Å². The number of aliphatic hydroxyl groups excluding tert-OH is 4. The van der Waals surface area contributed by atoms with Crippen LogP contribution in [0.2, 0.25) is 0 Å². The molecule has 0 spiro atoms. The molecule has 0 aromatic heterocycles. The minimum absolute atomic E-state index is 0.000496. The van der Waals surface area contributed by atoms with Crippen molar-refractivity contribution in [1.82, 2.24) is 26.2 Å². The maximum atomic E-state index is 14.6. The number of alkyl carbamates (subject to hydrolysis) is 1. The number of rotatable bonds is 32. The van der Waals surface area contributed by atoms with Gasteiger partial charge in [0.1, 0.15) is 42.4 Å². The monoisotopic (exact) mass is 1780 g/mol. The summed E-state index contributed by atoms with van der Waals surface area (Å²) in [7, 11) is 9.22. The number of nitrogens with zero attached hydrogens (tertiary/aromatic N) is 3. The number of hydrogen-bond acceptors (Lipinski definition) is 33. The minimum atomic E-state index is -2.25. The summed E-state index contributed by atoms with van der Waals surface area (Å²) in [6, 6.07) is 5.20. The second-order valence-corrected chi connectivity index (χ2v) is 33.6. The molecule has 19 atom stereocenters. The number of methoxy groups -OCH3 is 5. The van der Waals surface area contributed by atoms with E-state index in [2.05, 4.69) is 45.0 Å². The van der Waals surface area contributed by atoms with Crippen LogP contribution < -0.4 is 35.2 Å². The van der Waals surface area contributed by atoms with Gasteiger partial charge >= 0.3 is 12.1 Å². The Hall–Kier alpha value is -7.01. The molecular weight excluding hydrogens is 1680 g/mol. The zero-order valence-corrected chi connectivity index (χ0v) is 70.6. The number of hydrogen-bond donors (Lipinski definition) is 8. The number of imide groups is 1.